The van der Waals surface area contributed by atoms with E-state index in [-0.39, 0.29) is 17.4 Å². The van der Waals surface area contributed by atoms with Gasteiger partial charge in [-0.15, -0.1) is 0 Å². The number of piperidine rings is 1. The first-order chi connectivity index (χ1) is 17.8. The van der Waals surface area contributed by atoms with Gasteiger partial charge in [-0.25, -0.2) is 13.8 Å². The second-order valence-electron chi connectivity index (χ2n) is 10.8. The Morgan fingerprint density at radius 2 is 1.97 bits per heavy atom. The summed E-state index contributed by atoms with van der Waals surface area (Å²) in [5.41, 5.74) is 7.57. The normalized spacial score (nSPS) is 23.5. The first-order valence-electron chi connectivity index (χ1n) is 13.5. The van der Waals surface area contributed by atoms with Gasteiger partial charge >= 0.3 is 0 Å². The number of likely N-dealkylation sites (N-methyl/N-ethyl adjacent to an activating group) is 1. The molecule has 37 heavy (non-hydrogen) atoms. The van der Waals surface area contributed by atoms with Gasteiger partial charge in [-0.05, 0) is 56.0 Å². The molecule has 2 fully saturated rings. The van der Waals surface area contributed by atoms with Crippen LogP contribution in [0.1, 0.15) is 61.6 Å². The molecule has 1 aromatic rings. The molecular formula is C27H39F2N7O. The third kappa shape index (κ3) is 5.51. The number of hydrogen-bond donors (Lipinski definition) is 4. The summed E-state index contributed by atoms with van der Waals surface area (Å²) in [5, 5.41) is 18.3. The number of aryl methyl sites for hydroxylation is 1. The van der Waals surface area contributed by atoms with Crippen LogP contribution in [-0.2, 0) is 11.2 Å². The van der Waals surface area contributed by atoms with Crippen molar-refractivity contribution in [2.45, 2.75) is 57.4 Å². The van der Waals surface area contributed by atoms with Gasteiger partial charge in [0.05, 0.1) is 6.54 Å². The number of carbonyl (C=O) groups is 1. The van der Waals surface area contributed by atoms with E-state index in [9.17, 15) is 19.0 Å². The minimum absolute atomic E-state index is 0.00923. The highest BCUT2D eigenvalue weighted by atomic mass is 19.3. The van der Waals surface area contributed by atoms with E-state index in [0.29, 0.717) is 62.3 Å². The second kappa shape index (κ2) is 11.0. The minimum Gasteiger partial charge on any atom is -0.385 e. The van der Waals surface area contributed by atoms with Crippen LogP contribution in [0.3, 0.4) is 0 Å². The molecule has 202 valence electrons. The molecule has 4 heterocycles. The van der Waals surface area contributed by atoms with Gasteiger partial charge < -0.3 is 20.4 Å². The van der Waals surface area contributed by atoms with Crippen molar-refractivity contribution < 1.29 is 13.6 Å². The van der Waals surface area contributed by atoms with Gasteiger partial charge in [0, 0.05) is 81.1 Å². The van der Waals surface area contributed by atoms with E-state index in [1.165, 1.54) is 0 Å². The molecular weight excluding hydrogens is 476 g/mol. The maximum atomic E-state index is 14.3. The molecule has 0 radical (unpaired) electrons. The van der Waals surface area contributed by atoms with E-state index >= 15 is 0 Å². The van der Waals surface area contributed by atoms with Crippen molar-refractivity contribution in [2.75, 3.05) is 57.8 Å². The number of nitrogens with one attached hydrogen (secondary N) is 4. The summed E-state index contributed by atoms with van der Waals surface area (Å²) >= 11 is 0. The number of alkyl halides is 2. The number of nitrogens with zero attached hydrogens (tertiary/aromatic N) is 3. The van der Waals surface area contributed by atoms with E-state index in [2.05, 4.69) is 16.1 Å². The summed E-state index contributed by atoms with van der Waals surface area (Å²) in [7, 11) is 1.93. The fourth-order valence-electron chi connectivity index (χ4n) is 6.16. The highest BCUT2D eigenvalue weighted by molar-refractivity contribution is 6.09. The maximum Gasteiger partial charge on any atom is 0.264 e. The van der Waals surface area contributed by atoms with Gasteiger partial charge in [-0.1, -0.05) is 6.07 Å². The molecule has 4 aliphatic heterocycles. The highest BCUT2D eigenvalue weighted by Crippen LogP contribution is 2.39. The van der Waals surface area contributed by atoms with E-state index < -0.39 is 6.43 Å². The summed E-state index contributed by atoms with van der Waals surface area (Å²) in [4.78, 5) is 15.9. The van der Waals surface area contributed by atoms with Crippen LogP contribution in [0.5, 0.6) is 0 Å². The van der Waals surface area contributed by atoms with Crippen LogP contribution >= 0.6 is 0 Å². The molecule has 4 N–H and O–H groups in total. The molecule has 2 saturated heterocycles. The van der Waals surface area contributed by atoms with Gasteiger partial charge in [0.1, 0.15) is 5.84 Å². The number of rotatable bonds is 5. The summed E-state index contributed by atoms with van der Waals surface area (Å²) in [6.07, 6.45) is 1.78. The summed E-state index contributed by atoms with van der Waals surface area (Å²) in [5.74, 6) is 0.323. The van der Waals surface area contributed by atoms with Crippen LogP contribution in [0, 0.1) is 5.41 Å². The zero-order chi connectivity index (χ0) is 26.1. The zero-order valence-electron chi connectivity index (χ0n) is 21.9. The lowest BCUT2D eigenvalue weighted by molar-refractivity contribution is -0.128. The SMILES string of the molecule is CC(=O)N1CCC(NC2CCNCC2)=C(C(=N)N2CCCc3cc(C4CNN(C)C4)c(C(F)F)cc32)C1. The molecule has 5 rings (SSSR count). The number of benzene rings is 1. The number of halogens is 2. The van der Waals surface area contributed by atoms with Crippen molar-refractivity contribution in [1.82, 2.24) is 26.0 Å². The van der Waals surface area contributed by atoms with Crippen molar-refractivity contribution >= 4 is 17.4 Å². The van der Waals surface area contributed by atoms with Crippen molar-refractivity contribution in [1.29, 1.82) is 5.41 Å². The van der Waals surface area contributed by atoms with Crippen LogP contribution in [0.15, 0.2) is 23.4 Å². The van der Waals surface area contributed by atoms with E-state index in [0.717, 1.165) is 55.6 Å². The average Bonchev–Trinajstić information content (AvgIpc) is 3.34. The zero-order valence-corrected chi connectivity index (χ0v) is 21.9. The fraction of sp³-hybridized carbons (Fsp3) is 0.630. The molecule has 1 atom stereocenters. The first-order valence-corrected chi connectivity index (χ1v) is 13.5. The topological polar surface area (TPSA) is 86.7 Å². The molecule has 1 aromatic carbocycles. The van der Waals surface area contributed by atoms with Crippen LogP contribution in [0.2, 0.25) is 0 Å². The summed E-state index contributed by atoms with van der Waals surface area (Å²) in [6.45, 7) is 6.42. The van der Waals surface area contributed by atoms with Gasteiger partial charge in [-0.2, -0.15) is 0 Å². The highest BCUT2D eigenvalue weighted by Gasteiger charge is 2.33. The van der Waals surface area contributed by atoms with Crippen molar-refractivity contribution in [2.24, 2.45) is 0 Å². The molecule has 0 saturated carbocycles. The molecule has 1 unspecified atom stereocenters. The third-order valence-corrected chi connectivity index (χ3v) is 8.24. The maximum absolute atomic E-state index is 14.3. The average molecular weight is 516 g/mol. The van der Waals surface area contributed by atoms with E-state index in [4.69, 9.17) is 0 Å². The number of hydrazine groups is 1. The number of carbonyl (C=O) groups excluding carboxylic acids is 1. The quantitative estimate of drug-likeness (QED) is 0.357. The Labute approximate surface area is 217 Å². The van der Waals surface area contributed by atoms with Crippen molar-refractivity contribution in [3.8, 4) is 0 Å². The Kier molecular flexibility index (Phi) is 7.78. The lowest BCUT2D eigenvalue weighted by Gasteiger charge is -2.38. The standard InChI is InChI=1S/C27H39F2N7O/c1-17(37)35-11-7-24(33-20-5-8-31-9-6-20)23(16-35)27(30)36-10-3-4-18-12-21(19-14-32-34(2)15-19)22(26(28)29)13-25(18)36/h12-13,19-20,26,30-33H,3-11,14-16H2,1-2H3. The predicted octanol–water partition coefficient (Wildman–Crippen LogP) is 2.74. The number of fused-ring (bicyclic) bond motifs is 1. The summed E-state index contributed by atoms with van der Waals surface area (Å²) < 4.78 is 28.6. The lowest BCUT2D eigenvalue weighted by Crippen LogP contribution is -2.47. The monoisotopic (exact) mass is 515 g/mol. The largest absolute Gasteiger partial charge is 0.385 e. The number of hydrogen-bond acceptors (Lipinski definition) is 6. The van der Waals surface area contributed by atoms with Gasteiger partial charge in [-0.3, -0.25) is 15.6 Å². The lowest BCUT2D eigenvalue weighted by atomic mass is 9.88. The van der Waals surface area contributed by atoms with Crippen molar-refractivity contribution in [3.63, 3.8) is 0 Å². The van der Waals surface area contributed by atoms with E-state index in [1.807, 2.05) is 23.0 Å². The van der Waals surface area contributed by atoms with Crippen molar-refractivity contribution in [3.05, 3.63) is 40.1 Å². The van der Waals surface area contributed by atoms with Crippen LogP contribution < -0.4 is 21.0 Å². The second-order valence-corrected chi connectivity index (χ2v) is 10.8. The molecule has 0 bridgehead atoms. The first kappa shape index (κ1) is 26.1. The Morgan fingerprint density at radius 1 is 1.19 bits per heavy atom. The Bertz CT molecular complexity index is 1070. The van der Waals surface area contributed by atoms with Crippen LogP contribution in [-0.4, -0.2) is 80.6 Å². The molecule has 4 aliphatic rings. The molecule has 0 aromatic heterocycles. The van der Waals surface area contributed by atoms with Crippen LogP contribution in [0.4, 0.5) is 14.5 Å². The molecule has 0 aliphatic carbocycles. The summed E-state index contributed by atoms with van der Waals surface area (Å²) in [6, 6.07) is 3.93. The minimum atomic E-state index is -2.58. The van der Waals surface area contributed by atoms with Gasteiger partial charge in [0.15, 0.2) is 0 Å². The molecule has 8 nitrogen and oxygen atoms in total. The van der Waals surface area contributed by atoms with Crippen LogP contribution in [0.25, 0.3) is 0 Å². The van der Waals surface area contributed by atoms with E-state index in [1.54, 1.807) is 17.9 Å². The van der Waals surface area contributed by atoms with Gasteiger partial charge in [0.2, 0.25) is 5.91 Å². The number of amidine groups is 1. The van der Waals surface area contributed by atoms with Gasteiger partial charge in [0.25, 0.3) is 6.43 Å². The predicted molar refractivity (Wildman–Crippen MR) is 141 cm³/mol. The third-order valence-electron chi connectivity index (χ3n) is 8.24. The molecule has 10 heteroatoms. The number of anilines is 1. The molecule has 1 amide bonds. The Hall–Kier alpha value is -2.56. The number of amides is 1. The fourth-order valence-corrected chi connectivity index (χ4v) is 6.16. The molecule has 0 spiro atoms. The smallest absolute Gasteiger partial charge is 0.264 e. The Morgan fingerprint density at radius 3 is 2.65 bits per heavy atom. The Balaban J connectivity index is 1.49.